The van der Waals surface area contributed by atoms with Crippen LogP contribution in [0.1, 0.15) is 6.42 Å². The van der Waals surface area contributed by atoms with Crippen LogP contribution in [-0.4, -0.2) is 44.7 Å². The minimum Gasteiger partial charge on any atom is -0.381 e. The van der Waals surface area contributed by atoms with E-state index in [4.69, 9.17) is 9.57 Å². The Hall–Kier alpha value is -1.55. The zero-order chi connectivity index (χ0) is 15.5. The van der Waals surface area contributed by atoms with E-state index in [0.717, 1.165) is 17.0 Å². The molecule has 0 bridgehead atoms. The van der Waals surface area contributed by atoms with Crippen LogP contribution in [0.25, 0.3) is 0 Å². The predicted molar refractivity (Wildman–Crippen MR) is 72.9 cm³/mol. The van der Waals surface area contributed by atoms with E-state index >= 15 is 0 Å². The molecule has 2 rings (SSSR count). The molecule has 1 unspecified atom stereocenters. The van der Waals surface area contributed by atoms with E-state index < -0.39 is 14.9 Å². The molecule has 1 atom stereocenters. The lowest BCUT2D eigenvalue weighted by atomic mass is 10.1. The number of nitro groups is 1. The molecule has 1 aromatic rings. The van der Waals surface area contributed by atoms with Crippen molar-refractivity contribution in [2.45, 2.75) is 11.3 Å². The number of hydrogen-bond donors (Lipinski definition) is 0. The molecule has 8 nitrogen and oxygen atoms in total. The Morgan fingerprint density at radius 1 is 1.52 bits per heavy atom. The first-order chi connectivity index (χ1) is 9.95. The average Bonchev–Trinajstić information content (AvgIpc) is 2.97. The number of nitrogens with zero attached hydrogens (tertiary/aromatic N) is 2. The molecule has 1 heterocycles. The van der Waals surface area contributed by atoms with Crippen molar-refractivity contribution in [3.63, 3.8) is 0 Å². The van der Waals surface area contributed by atoms with E-state index in [-0.39, 0.29) is 23.0 Å². The number of hydrogen-bond acceptors (Lipinski definition) is 6. The van der Waals surface area contributed by atoms with E-state index in [2.05, 4.69) is 0 Å². The van der Waals surface area contributed by atoms with Gasteiger partial charge in [0.25, 0.3) is 15.7 Å². The number of hydroxylamine groups is 1. The third-order valence-corrected chi connectivity index (χ3v) is 4.91. The minimum absolute atomic E-state index is 0.0541. The number of rotatable bonds is 6. The molecule has 0 aliphatic carbocycles. The largest absolute Gasteiger partial charge is 0.381 e. The highest BCUT2D eigenvalue weighted by atomic mass is 32.2. The number of nitro benzene ring substituents is 1. The Labute approximate surface area is 122 Å². The highest BCUT2D eigenvalue weighted by Crippen LogP contribution is 2.23. The van der Waals surface area contributed by atoms with Gasteiger partial charge in [-0.2, -0.15) is 0 Å². The van der Waals surface area contributed by atoms with Crippen molar-refractivity contribution in [1.29, 1.82) is 0 Å². The van der Waals surface area contributed by atoms with Gasteiger partial charge in [0, 0.05) is 31.2 Å². The number of benzene rings is 1. The van der Waals surface area contributed by atoms with Gasteiger partial charge in [-0.3, -0.25) is 15.0 Å². The molecule has 0 aromatic heterocycles. The summed E-state index contributed by atoms with van der Waals surface area (Å²) < 4.78 is 31.0. The lowest BCUT2D eigenvalue weighted by Gasteiger charge is -2.21. The fourth-order valence-electron chi connectivity index (χ4n) is 2.08. The van der Waals surface area contributed by atoms with Crippen LogP contribution in [0, 0.1) is 16.0 Å². The molecule has 0 N–H and O–H groups in total. The Morgan fingerprint density at radius 2 is 2.29 bits per heavy atom. The van der Waals surface area contributed by atoms with Crippen LogP contribution in [-0.2, 0) is 19.6 Å². The SMILES string of the molecule is CON(CC1CCOC1)S(=O)(=O)c1cccc([N+](=O)[O-])c1. The van der Waals surface area contributed by atoms with Gasteiger partial charge in [0.05, 0.1) is 23.5 Å². The van der Waals surface area contributed by atoms with Crippen LogP contribution >= 0.6 is 0 Å². The first-order valence-electron chi connectivity index (χ1n) is 6.34. The first-order valence-corrected chi connectivity index (χ1v) is 7.78. The Bertz CT molecular complexity index is 612. The quantitative estimate of drug-likeness (QED) is 0.577. The standard InChI is InChI=1S/C12H16N2O6S/c1-19-13(8-10-5-6-20-9-10)21(17,18)12-4-2-3-11(7-12)14(15)16/h2-4,7,10H,5-6,8-9H2,1H3. The van der Waals surface area contributed by atoms with E-state index in [1.54, 1.807) is 0 Å². The Kier molecular flexibility index (Phi) is 4.88. The molecule has 1 fully saturated rings. The van der Waals surface area contributed by atoms with Crippen molar-refractivity contribution in [2.75, 3.05) is 26.9 Å². The van der Waals surface area contributed by atoms with E-state index in [1.165, 1.54) is 25.3 Å². The second-order valence-corrected chi connectivity index (χ2v) is 6.49. The van der Waals surface area contributed by atoms with Gasteiger partial charge >= 0.3 is 0 Å². The lowest BCUT2D eigenvalue weighted by molar-refractivity contribution is -0.385. The normalized spacial score (nSPS) is 19.0. The molecular weight excluding hydrogens is 300 g/mol. The van der Waals surface area contributed by atoms with Crippen molar-refractivity contribution in [3.05, 3.63) is 34.4 Å². The highest BCUT2D eigenvalue weighted by Gasteiger charge is 2.30. The molecule has 0 spiro atoms. The van der Waals surface area contributed by atoms with Gasteiger partial charge in [0.15, 0.2) is 0 Å². The second-order valence-electron chi connectivity index (χ2n) is 4.66. The van der Waals surface area contributed by atoms with Crippen LogP contribution in [0.4, 0.5) is 5.69 Å². The highest BCUT2D eigenvalue weighted by molar-refractivity contribution is 7.89. The molecule has 1 saturated heterocycles. The van der Waals surface area contributed by atoms with Crippen molar-refractivity contribution >= 4 is 15.7 Å². The van der Waals surface area contributed by atoms with Crippen LogP contribution in [0.15, 0.2) is 29.2 Å². The third kappa shape index (κ3) is 3.56. The van der Waals surface area contributed by atoms with Crippen LogP contribution < -0.4 is 0 Å². The zero-order valence-corrected chi connectivity index (χ0v) is 12.3. The topological polar surface area (TPSA) is 99.0 Å². The van der Waals surface area contributed by atoms with Gasteiger partial charge < -0.3 is 4.74 Å². The first kappa shape index (κ1) is 15.8. The molecule has 1 aliphatic rings. The average molecular weight is 316 g/mol. The van der Waals surface area contributed by atoms with Gasteiger partial charge in [-0.15, -0.1) is 0 Å². The van der Waals surface area contributed by atoms with Crippen LogP contribution in [0.5, 0.6) is 0 Å². The van der Waals surface area contributed by atoms with Crippen molar-refractivity contribution < 1.29 is 22.9 Å². The fraction of sp³-hybridized carbons (Fsp3) is 0.500. The van der Waals surface area contributed by atoms with Crippen LogP contribution in [0.3, 0.4) is 0 Å². The summed E-state index contributed by atoms with van der Waals surface area (Å²) in [7, 11) is -2.69. The summed E-state index contributed by atoms with van der Waals surface area (Å²) in [6.07, 6.45) is 0.754. The Morgan fingerprint density at radius 3 is 2.86 bits per heavy atom. The van der Waals surface area contributed by atoms with Crippen molar-refractivity contribution in [1.82, 2.24) is 4.47 Å². The third-order valence-electron chi connectivity index (χ3n) is 3.23. The molecule has 9 heteroatoms. The monoisotopic (exact) mass is 316 g/mol. The predicted octanol–water partition coefficient (Wildman–Crippen LogP) is 1.18. The zero-order valence-electron chi connectivity index (χ0n) is 11.5. The maximum Gasteiger partial charge on any atom is 0.270 e. The van der Waals surface area contributed by atoms with E-state index in [0.29, 0.717) is 13.2 Å². The van der Waals surface area contributed by atoms with Gasteiger partial charge in [-0.05, 0) is 12.5 Å². The van der Waals surface area contributed by atoms with Gasteiger partial charge in [-0.1, -0.05) is 10.5 Å². The van der Waals surface area contributed by atoms with Gasteiger partial charge in [0.1, 0.15) is 0 Å². The van der Waals surface area contributed by atoms with Gasteiger partial charge in [-0.25, -0.2) is 8.42 Å². The van der Waals surface area contributed by atoms with E-state index in [1.807, 2.05) is 0 Å². The van der Waals surface area contributed by atoms with Gasteiger partial charge in [0.2, 0.25) is 0 Å². The maximum atomic E-state index is 12.5. The Balaban J connectivity index is 2.25. The molecule has 116 valence electrons. The molecular formula is C12H16N2O6S. The molecule has 1 aliphatic heterocycles. The number of sulfonamides is 1. The summed E-state index contributed by atoms with van der Waals surface area (Å²) in [6, 6.07) is 4.89. The summed E-state index contributed by atoms with van der Waals surface area (Å²) in [6.45, 7) is 1.23. The maximum absolute atomic E-state index is 12.5. The smallest absolute Gasteiger partial charge is 0.270 e. The summed E-state index contributed by atoms with van der Waals surface area (Å²) >= 11 is 0. The van der Waals surface area contributed by atoms with Crippen molar-refractivity contribution in [3.8, 4) is 0 Å². The molecule has 1 aromatic carbocycles. The van der Waals surface area contributed by atoms with E-state index in [9.17, 15) is 18.5 Å². The summed E-state index contributed by atoms with van der Waals surface area (Å²) in [4.78, 5) is 14.9. The molecule has 0 radical (unpaired) electrons. The molecule has 21 heavy (non-hydrogen) atoms. The number of ether oxygens (including phenoxy) is 1. The van der Waals surface area contributed by atoms with Crippen LogP contribution in [0.2, 0.25) is 0 Å². The summed E-state index contributed by atoms with van der Waals surface area (Å²) in [5.41, 5.74) is -0.281. The second kappa shape index (κ2) is 6.48. The minimum atomic E-state index is -3.94. The molecule has 0 saturated carbocycles. The van der Waals surface area contributed by atoms with Crippen molar-refractivity contribution in [2.24, 2.45) is 5.92 Å². The molecule has 0 amide bonds. The summed E-state index contributed by atoms with van der Waals surface area (Å²) in [5, 5.41) is 10.7. The summed E-state index contributed by atoms with van der Waals surface area (Å²) in [5.74, 6) is 0.0541. The number of non-ortho nitro benzene ring substituents is 1. The fourth-order valence-corrected chi connectivity index (χ4v) is 3.44. The lowest BCUT2D eigenvalue weighted by Crippen LogP contribution is -2.34.